The Balaban J connectivity index is 1.70. The molecule has 0 bridgehead atoms. The van der Waals surface area contributed by atoms with Crippen molar-refractivity contribution >= 4 is 0 Å². The maximum atomic E-state index is 6.14. The summed E-state index contributed by atoms with van der Waals surface area (Å²) in [6.45, 7) is 2.14. The molecule has 0 atom stereocenters. The topological polar surface area (TPSA) is 21.7 Å². The second-order valence-corrected chi connectivity index (χ2v) is 7.24. The van der Waals surface area contributed by atoms with E-state index in [1.165, 1.54) is 5.56 Å². The molecule has 3 heteroatoms. The fourth-order valence-corrected chi connectivity index (χ4v) is 3.01. The van der Waals surface area contributed by atoms with Gasteiger partial charge in [0.25, 0.3) is 0 Å². The van der Waals surface area contributed by atoms with Gasteiger partial charge in [-0.25, -0.2) is 0 Å². The van der Waals surface area contributed by atoms with Gasteiger partial charge in [0, 0.05) is 0 Å². The van der Waals surface area contributed by atoms with Crippen LogP contribution in [0.1, 0.15) is 23.1 Å². The molecule has 0 saturated carbocycles. The van der Waals surface area contributed by atoms with Crippen molar-refractivity contribution in [2.24, 2.45) is 0 Å². The highest BCUT2D eigenvalue weighted by molar-refractivity contribution is 5.43. The molecule has 0 aliphatic rings. The Bertz CT molecular complexity index is 832. The molecule has 0 heterocycles. The average Bonchev–Trinajstić information content (AvgIpc) is 2.73. The van der Waals surface area contributed by atoms with Crippen molar-refractivity contribution in [2.75, 3.05) is 20.6 Å². The number of hydrogen-bond acceptors (Lipinski definition) is 3. The predicted octanol–water partition coefficient (Wildman–Crippen LogP) is 5.34. The van der Waals surface area contributed by atoms with E-state index in [0.29, 0.717) is 13.2 Å². The van der Waals surface area contributed by atoms with Gasteiger partial charge in [0.05, 0.1) is 0 Å². The summed E-state index contributed by atoms with van der Waals surface area (Å²) in [7, 11) is 4.21. The van der Waals surface area contributed by atoms with Gasteiger partial charge in [-0.1, -0.05) is 66.7 Å². The summed E-state index contributed by atoms with van der Waals surface area (Å²) >= 11 is 0. The van der Waals surface area contributed by atoms with Crippen LogP contribution >= 0.6 is 0 Å². The van der Waals surface area contributed by atoms with Crippen LogP contribution in [0.3, 0.4) is 0 Å². The lowest BCUT2D eigenvalue weighted by atomic mass is 10.1. The number of benzene rings is 3. The van der Waals surface area contributed by atoms with Gasteiger partial charge >= 0.3 is 0 Å². The van der Waals surface area contributed by atoms with Gasteiger partial charge in [-0.15, -0.1) is 0 Å². The molecule has 0 amide bonds. The first-order valence-corrected chi connectivity index (χ1v) is 9.82. The highest BCUT2D eigenvalue weighted by atomic mass is 16.5. The molecule has 3 aromatic carbocycles. The summed E-state index contributed by atoms with van der Waals surface area (Å²) in [6.07, 6.45) is 2.15. The second-order valence-electron chi connectivity index (χ2n) is 7.24. The number of aryl methyl sites for hydroxylation is 1. The second kappa shape index (κ2) is 10.5. The number of hydrogen-bond donors (Lipinski definition) is 0. The Morgan fingerprint density at radius 3 is 1.79 bits per heavy atom. The van der Waals surface area contributed by atoms with Gasteiger partial charge in [-0.3, -0.25) is 0 Å². The summed E-state index contributed by atoms with van der Waals surface area (Å²) < 4.78 is 12.2. The quantitative estimate of drug-likeness (QED) is 0.477. The zero-order valence-corrected chi connectivity index (χ0v) is 16.8. The number of nitrogens with zero attached hydrogens (tertiary/aromatic N) is 1. The summed E-state index contributed by atoms with van der Waals surface area (Å²) in [5.74, 6) is 1.60. The molecule has 0 aromatic heterocycles. The first-order chi connectivity index (χ1) is 13.7. The van der Waals surface area contributed by atoms with E-state index in [-0.39, 0.29) is 0 Å². The molecule has 146 valence electrons. The first kappa shape index (κ1) is 20.0. The van der Waals surface area contributed by atoms with Gasteiger partial charge in [0.2, 0.25) is 0 Å². The average molecular weight is 376 g/mol. The van der Waals surface area contributed by atoms with Crippen LogP contribution in [0, 0.1) is 0 Å². The molecule has 3 aromatic rings. The third kappa shape index (κ3) is 6.43. The molecule has 3 nitrogen and oxygen atoms in total. The Morgan fingerprint density at radius 1 is 0.643 bits per heavy atom. The van der Waals surface area contributed by atoms with Crippen LogP contribution in [0.25, 0.3) is 0 Å². The lowest BCUT2D eigenvalue weighted by Crippen LogP contribution is -2.13. The van der Waals surface area contributed by atoms with Crippen LogP contribution in [0.4, 0.5) is 0 Å². The molecule has 0 fully saturated rings. The molecule has 0 radical (unpaired) electrons. The molecule has 0 unspecified atom stereocenters. The SMILES string of the molecule is CN(C)CCCc1ccc(OCc2ccccc2)c(OCc2ccccc2)c1. The Labute approximate surface area is 168 Å². The van der Waals surface area contributed by atoms with Crippen molar-refractivity contribution in [3.63, 3.8) is 0 Å². The van der Waals surface area contributed by atoms with Crippen LogP contribution in [0.5, 0.6) is 11.5 Å². The minimum absolute atomic E-state index is 0.530. The number of ether oxygens (including phenoxy) is 2. The third-order valence-electron chi connectivity index (χ3n) is 4.55. The van der Waals surface area contributed by atoms with E-state index in [1.807, 2.05) is 42.5 Å². The van der Waals surface area contributed by atoms with Gasteiger partial charge in [0.1, 0.15) is 13.2 Å². The largest absolute Gasteiger partial charge is 0.485 e. The van der Waals surface area contributed by atoms with E-state index in [2.05, 4.69) is 55.4 Å². The summed E-state index contributed by atoms with van der Waals surface area (Å²) in [5.41, 5.74) is 3.57. The van der Waals surface area contributed by atoms with Crippen LogP contribution in [-0.2, 0) is 19.6 Å². The van der Waals surface area contributed by atoms with Crippen molar-refractivity contribution in [3.05, 3.63) is 95.6 Å². The predicted molar refractivity (Wildman–Crippen MR) is 115 cm³/mol. The van der Waals surface area contributed by atoms with Gasteiger partial charge in [-0.05, 0) is 62.3 Å². The Hall–Kier alpha value is -2.78. The fraction of sp³-hybridized carbons (Fsp3) is 0.280. The minimum Gasteiger partial charge on any atom is -0.485 e. The van der Waals surface area contributed by atoms with Crippen LogP contribution in [0.2, 0.25) is 0 Å². The van der Waals surface area contributed by atoms with Gasteiger partial charge in [0.15, 0.2) is 11.5 Å². The van der Waals surface area contributed by atoms with Crippen molar-refractivity contribution in [1.29, 1.82) is 0 Å². The van der Waals surface area contributed by atoms with Crippen LogP contribution in [0.15, 0.2) is 78.9 Å². The fourth-order valence-electron chi connectivity index (χ4n) is 3.01. The van der Waals surface area contributed by atoms with Gasteiger partial charge in [-0.2, -0.15) is 0 Å². The van der Waals surface area contributed by atoms with Gasteiger partial charge < -0.3 is 14.4 Å². The minimum atomic E-state index is 0.530. The van der Waals surface area contributed by atoms with Crippen molar-refractivity contribution < 1.29 is 9.47 Å². The van der Waals surface area contributed by atoms with E-state index in [1.54, 1.807) is 0 Å². The van der Waals surface area contributed by atoms with Crippen molar-refractivity contribution in [2.45, 2.75) is 26.1 Å². The Kier molecular flexibility index (Phi) is 7.51. The summed E-state index contributed by atoms with van der Waals surface area (Å²) in [5, 5.41) is 0. The molecule has 0 aliphatic heterocycles. The molecule has 0 saturated heterocycles. The monoisotopic (exact) mass is 375 g/mol. The van der Waals surface area contributed by atoms with Crippen LogP contribution < -0.4 is 9.47 Å². The number of rotatable bonds is 10. The van der Waals surface area contributed by atoms with Crippen molar-refractivity contribution in [1.82, 2.24) is 4.90 Å². The lowest BCUT2D eigenvalue weighted by Gasteiger charge is -2.15. The maximum absolute atomic E-state index is 6.14. The molecule has 3 rings (SSSR count). The van der Waals surface area contributed by atoms with E-state index in [0.717, 1.165) is 42.0 Å². The maximum Gasteiger partial charge on any atom is 0.161 e. The molecule has 0 spiro atoms. The normalized spacial score (nSPS) is 10.8. The molecular weight excluding hydrogens is 346 g/mol. The smallest absolute Gasteiger partial charge is 0.161 e. The highest BCUT2D eigenvalue weighted by Crippen LogP contribution is 2.30. The van der Waals surface area contributed by atoms with Crippen LogP contribution in [-0.4, -0.2) is 25.5 Å². The first-order valence-electron chi connectivity index (χ1n) is 9.82. The van der Waals surface area contributed by atoms with E-state index < -0.39 is 0 Å². The standard InChI is InChI=1S/C25H29NO2/c1-26(2)17-9-14-21-15-16-24(27-19-22-10-5-3-6-11-22)25(18-21)28-20-23-12-7-4-8-13-23/h3-8,10-13,15-16,18H,9,14,17,19-20H2,1-2H3. The Morgan fingerprint density at radius 2 is 1.21 bits per heavy atom. The van der Waals surface area contributed by atoms with Crippen molar-refractivity contribution in [3.8, 4) is 11.5 Å². The zero-order chi connectivity index (χ0) is 19.6. The zero-order valence-electron chi connectivity index (χ0n) is 16.8. The third-order valence-corrected chi connectivity index (χ3v) is 4.55. The van der Waals surface area contributed by atoms with E-state index >= 15 is 0 Å². The molecule has 0 N–H and O–H groups in total. The summed E-state index contributed by atoms with van der Waals surface area (Å²) in [6, 6.07) is 26.7. The lowest BCUT2D eigenvalue weighted by molar-refractivity contribution is 0.255. The highest BCUT2D eigenvalue weighted by Gasteiger charge is 2.08. The van der Waals surface area contributed by atoms with E-state index in [9.17, 15) is 0 Å². The summed E-state index contributed by atoms with van der Waals surface area (Å²) in [4.78, 5) is 2.21. The molecule has 0 aliphatic carbocycles. The molecule has 28 heavy (non-hydrogen) atoms. The van der Waals surface area contributed by atoms with E-state index in [4.69, 9.17) is 9.47 Å². The molecular formula is C25H29NO2.